The lowest BCUT2D eigenvalue weighted by Crippen LogP contribution is -2.38. The number of anilines is 1. The molecule has 0 aliphatic heterocycles. The van der Waals surface area contributed by atoms with E-state index < -0.39 is 6.36 Å². The molecule has 0 spiro atoms. The van der Waals surface area contributed by atoms with Crippen molar-refractivity contribution >= 4 is 29.1 Å². The molecule has 1 heterocycles. The van der Waals surface area contributed by atoms with E-state index >= 15 is 0 Å². The molecule has 212 valence electrons. The van der Waals surface area contributed by atoms with Crippen molar-refractivity contribution in [2.24, 2.45) is 5.73 Å². The molecule has 1 saturated carbocycles. The zero-order valence-electron chi connectivity index (χ0n) is 22.2. The number of halogens is 3. The maximum absolute atomic E-state index is 12.4. The van der Waals surface area contributed by atoms with Gasteiger partial charge in [0.2, 0.25) is 0 Å². The lowest BCUT2D eigenvalue weighted by atomic mass is 10.0. The number of thiocarbonyl (C=S) groups is 1. The van der Waals surface area contributed by atoms with E-state index in [0.717, 1.165) is 40.8 Å². The first-order chi connectivity index (χ1) is 19.5. The monoisotopic (exact) mass is 580 g/mol. The van der Waals surface area contributed by atoms with Crippen molar-refractivity contribution in [2.75, 3.05) is 4.90 Å². The Labute approximate surface area is 240 Å². The first-order valence-electron chi connectivity index (χ1n) is 12.8. The Balaban J connectivity index is 1.32. The summed E-state index contributed by atoms with van der Waals surface area (Å²) in [6.45, 7) is 4.08. The third-order valence-electron chi connectivity index (χ3n) is 6.81. The predicted molar refractivity (Wildman–Crippen MR) is 153 cm³/mol. The molecule has 8 nitrogen and oxygen atoms in total. The average molecular weight is 581 g/mol. The fraction of sp³-hybridized carbons (Fsp3) is 0.241. The van der Waals surface area contributed by atoms with Crippen molar-refractivity contribution in [3.63, 3.8) is 0 Å². The Morgan fingerprint density at radius 3 is 2.46 bits per heavy atom. The highest BCUT2D eigenvalue weighted by Crippen LogP contribution is 2.47. The van der Waals surface area contributed by atoms with Crippen LogP contribution in [0.3, 0.4) is 0 Å². The molecule has 4 aromatic rings. The molecule has 1 fully saturated rings. The van der Waals surface area contributed by atoms with Gasteiger partial charge < -0.3 is 15.2 Å². The van der Waals surface area contributed by atoms with Crippen LogP contribution in [0.2, 0.25) is 0 Å². The molecule has 0 saturated heterocycles. The fourth-order valence-electron chi connectivity index (χ4n) is 4.81. The molecule has 1 aliphatic carbocycles. The summed E-state index contributed by atoms with van der Waals surface area (Å²) in [5, 5.41) is 12.9. The number of aryl methyl sites for hydroxylation is 2. The Hall–Kier alpha value is -4.45. The number of nitrogens with two attached hydrogens (primary N) is 1. The number of nitrogens with one attached hydrogen (secondary N) is 1. The van der Waals surface area contributed by atoms with Gasteiger partial charge >= 0.3 is 6.36 Å². The molecule has 0 radical (unpaired) electrons. The summed E-state index contributed by atoms with van der Waals surface area (Å²) in [6, 6.07) is 19.3. The minimum Gasteiger partial charge on any atom is -0.406 e. The van der Waals surface area contributed by atoms with Crippen molar-refractivity contribution in [3.05, 3.63) is 89.7 Å². The van der Waals surface area contributed by atoms with Crippen molar-refractivity contribution in [2.45, 2.75) is 45.0 Å². The van der Waals surface area contributed by atoms with Crippen LogP contribution in [0.4, 0.5) is 18.9 Å². The second-order valence-electron chi connectivity index (χ2n) is 9.67. The van der Waals surface area contributed by atoms with E-state index in [-0.39, 0.29) is 28.9 Å². The molecule has 1 aliphatic rings. The zero-order chi connectivity index (χ0) is 29.3. The second-order valence-corrected chi connectivity index (χ2v) is 10.1. The Kier molecular flexibility index (Phi) is 7.68. The Bertz CT molecular complexity index is 1570. The van der Waals surface area contributed by atoms with Crippen LogP contribution >= 0.6 is 12.2 Å². The van der Waals surface area contributed by atoms with Crippen LogP contribution in [0.15, 0.2) is 73.1 Å². The number of hydrogen-bond acceptors (Lipinski definition) is 6. The summed E-state index contributed by atoms with van der Waals surface area (Å²) in [4.78, 5) is 6.23. The van der Waals surface area contributed by atoms with E-state index in [1.54, 1.807) is 0 Å². The molecule has 0 amide bonds. The van der Waals surface area contributed by atoms with Crippen LogP contribution in [0.5, 0.6) is 5.75 Å². The third-order valence-corrected chi connectivity index (χ3v) is 6.89. The van der Waals surface area contributed by atoms with Gasteiger partial charge in [-0.2, -0.15) is 0 Å². The van der Waals surface area contributed by atoms with Gasteiger partial charge in [-0.3, -0.25) is 10.3 Å². The summed E-state index contributed by atoms with van der Waals surface area (Å²) in [5.41, 5.74) is 11.1. The van der Waals surface area contributed by atoms with Crippen LogP contribution in [-0.4, -0.2) is 38.4 Å². The molecular formula is C29H27F3N6O2S. The summed E-state index contributed by atoms with van der Waals surface area (Å²) < 4.78 is 48.1. The first kappa shape index (κ1) is 28.1. The highest BCUT2D eigenvalue weighted by Gasteiger charge is 2.46. The predicted octanol–water partition coefficient (Wildman–Crippen LogP) is 6.26. The van der Waals surface area contributed by atoms with Crippen LogP contribution in [0, 0.1) is 12.3 Å². The smallest absolute Gasteiger partial charge is 0.406 e. The number of ether oxygens (including phenoxy) is 2. The van der Waals surface area contributed by atoms with Gasteiger partial charge in [-0.25, -0.2) is 9.67 Å². The van der Waals surface area contributed by atoms with Gasteiger partial charge in [0.05, 0.1) is 5.69 Å². The van der Waals surface area contributed by atoms with Gasteiger partial charge in [-0.15, -0.1) is 18.3 Å². The number of rotatable bonds is 7. The Morgan fingerprint density at radius 1 is 1.12 bits per heavy atom. The number of hydrogen-bond donors (Lipinski definition) is 2. The van der Waals surface area contributed by atoms with Crippen molar-refractivity contribution in [1.29, 1.82) is 5.41 Å². The minimum absolute atomic E-state index is 0.00331. The van der Waals surface area contributed by atoms with Gasteiger partial charge in [0.15, 0.2) is 5.82 Å². The van der Waals surface area contributed by atoms with E-state index in [9.17, 15) is 13.2 Å². The van der Waals surface area contributed by atoms with Crippen LogP contribution in [-0.2, 0) is 11.2 Å². The van der Waals surface area contributed by atoms with Crippen LogP contribution in [0.25, 0.3) is 17.1 Å². The van der Waals surface area contributed by atoms with Crippen molar-refractivity contribution in [3.8, 4) is 22.8 Å². The van der Waals surface area contributed by atoms with Gasteiger partial charge in [0.25, 0.3) is 11.2 Å². The summed E-state index contributed by atoms with van der Waals surface area (Å²) in [6.07, 6.45) is -1.64. The maximum Gasteiger partial charge on any atom is 0.573 e. The first-order valence-corrected chi connectivity index (χ1v) is 13.3. The summed E-state index contributed by atoms with van der Waals surface area (Å²) >= 11 is 4.90. The van der Waals surface area contributed by atoms with Gasteiger partial charge in [0, 0.05) is 23.2 Å². The SMILES string of the molecule is CCc1ccc(C)cc1N(C(=N)OC(N)=S)C1CC1c1ccc(-c2ncn(-c3ccc(OC(F)(F)F)cc3)n2)cc1. The number of benzene rings is 3. The lowest BCUT2D eigenvalue weighted by Gasteiger charge is -2.27. The zero-order valence-corrected chi connectivity index (χ0v) is 23.0. The fourth-order valence-corrected chi connectivity index (χ4v) is 4.88. The molecule has 41 heavy (non-hydrogen) atoms. The topological polar surface area (TPSA) is 102 Å². The Morgan fingerprint density at radius 2 is 1.83 bits per heavy atom. The molecule has 3 N–H and O–H groups in total. The normalized spacial score (nSPS) is 16.2. The van der Waals surface area contributed by atoms with Crippen LogP contribution < -0.4 is 15.4 Å². The highest BCUT2D eigenvalue weighted by molar-refractivity contribution is 7.80. The molecule has 2 unspecified atom stereocenters. The van der Waals surface area contributed by atoms with E-state index in [1.165, 1.54) is 35.3 Å². The average Bonchev–Trinajstić information content (AvgIpc) is 3.53. The van der Waals surface area contributed by atoms with E-state index in [1.807, 2.05) is 42.2 Å². The molecule has 0 bridgehead atoms. The standard InChI is InChI=1S/C29H27F3N6O2S/c1-3-18-5-4-17(2)14-24(18)38(27(33)39-28(34)41)25-15-23(25)19-6-8-20(9-7-19)26-35-16-37(36-26)21-10-12-22(13-11-21)40-29(30,31)32/h4-14,16,23,25,33H,3,15H2,1-2H3,(H2,34,41). The van der Waals surface area contributed by atoms with E-state index in [4.69, 9.17) is 28.1 Å². The molecule has 12 heteroatoms. The summed E-state index contributed by atoms with van der Waals surface area (Å²) in [7, 11) is 0. The molecule has 3 aromatic carbocycles. The number of amidine groups is 1. The number of aromatic nitrogens is 3. The molecule has 2 atom stereocenters. The molecule has 5 rings (SSSR count). The van der Waals surface area contributed by atoms with Gasteiger partial charge in [-0.05, 0) is 79.0 Å². The lowest BCUT2D eigenvalue weighted by molar-refractivity contribution is -0.274. The minimum atomic E-state index is -4.75. The van der Waals surface area contributed by atoms with Crippen molar-refractivity contribution < 1.29 is 22.6 Å². The quantitative estimate of drug-likeness (QED) is 0.151. The van der Waals surface area contributed by atoms with E-state index in [0.29, 0.717) is 11.5 Å². The van der Waals surface area contributed by atoms with Crippen LogP contribution in [0.1, 0.15) is 36.0 Å². The van der Waals surface area contributed by atoms with E-state index in [2.05, 4.69) is 33.9 Å². The van der Waals surface area contributed by atoms with Gasteiger partial charge in [0.1, 0.15) is 12.1 Å². The number of alkyl halides is 3. The maximum atomic E-state index is 12.4. The number of nitrogens with zero attached hydrogens (tertiary/aromatic N) is 4. The van der Waals surface area contributed by atoms with Crippen molar-refractivity contribution in [1.82, 2.24) is 14.8 Å². The summed E-state index contributed by atoms with van der Waals surface area (Å²) in [5.74, 6) is 0.322. The van der Waals surface area contributed by atoms with Gasteiger partial charge in [-0.1, -0.05) is 43.3 Å². The third kappa shape index (κ3) is 6.49. The molecule has 1 aromatic heterocycles. The highest BCUT2D eigenvalue weighted by atomic mass is 32.1. The largest absolute Gasteiger partial charge is 0.573 e. The second kappa shape index (κ2) is 11.2. The molecular weight excluding hydrogens is 553 g/mol.